The number of aromatic nitrogens is 1. The Balaban J connectivity index is 1.34. The molecule has 0 atom stereocenters. The number of hydrogen-bond acceptors (Lipinski definition) is 1. The molecule has 7 aromatic rings. The zero-order valence-corrected chi connectivity index (χ0v) is 21.6. The van der Waals surface area contributed by atoms with Crippen molar-refractivity contribution < 1.29 is 0 Å². The minimum absolute atomic E-state index is 0.0342. The maximum Gasteiger partial charge on any atom is 0.0584 e. The van der Waals surface area contributed by atoms with Gasteiger partial charge in [-0.05, 0) is 46.5 Å². The standard InChI is InChI=1S/C35H25NS/c1-35(2)29-15-6-3-11-27(29)33-32(35)28-12-4-7-16-30(28)36(33)23-20-18-22(19-21-23)24-13-9-14-26-25-10-5-8-17-31(25)37-34(24)26/h3-21H,1-2H3. The van der Waals surface area contributed by atoms with Gasteiger partial charge >= 0.3 is 0 Å². The van der Waals surface area contributed by atoms with Crippen LogP contribution in [-0.4, -0.2) is 4.57 Å². The normalized spacial score (nSPS) is 13.9. The van der Waals surface area contributed by atoms with Gasteiger partial charge < -0.3 is 4.57 Å². The van der Waals surface area contributed by atoms with Crippen molar-refractivity contribution in [1.82, 2.24) is 4.57 Å². The van der Waals surface area contributed by atoms with E-state index in [1.165, 1.54) is 70.3 Å². The van der Waals surface area contributed by atoms with E-state index in [2.05, 4.69) is 134 Å². The van der Waals surface area contributed by atoms with Crippen LogP contribution in [0.1, 0.15) is 25.0 Å². The molecule has 2 aromatic heterocycles. The van der Waals surface area contributed by atoms with Gasteiger partial charge in [0.2, 0.25) is 0 Å². The molecular weight excluding hydrogens is 466 g/mol. The van der Waals surface area contributed by atoms with E-state index in [4.69, 9.17) is 0 Å². The number of hydrogen-bond donors (Lipinski definition) is 0. The Bertz CT molecular complexity index is 2000. The molecule has 0 fully saturated rings. The predicted octanol–water partition coefficient (Wildman–Crippen LogP) is 9.97. The van der Waals surface area contributed by atoms with E-state index in [9.17, 15) is 0 Å². The van der Waals surface area contributed by atoms with Crippen molar-refractivity contribution in [3.8, 4) is 28.1 Å². The molecular formula is C35H25NS. The van der Waals surface area contributed by atoms with Crippen LogP contribution in [0.3, 0.4) is 0 Å². The lowest BCUT2D eigenvalue weighted by atomic mass is 9.81. The summed E-state index contributed by atoms with van der Waals surface area (Å²) >= 11 is 1.89. The topological polar surface area (TPSA) is 4.93 Å². The summed E-state index contributed by atoms with van der Waals surface area (Å²) in [4.78, 5) is 0. The van der Waals surface area contributed by atoms with E-state index in [0.29, 0.717) is 0 Å². The maximum atomic E-state index is 2.47. The molecule has 0 saturated heterocycles. The third-order valence-electron chi connectivity index (χ3n) is 8.20. The average molecular weight is 492 g/mol. The van der Waals surface area contributed by atoms with Crippen molar-refractivity contribution in [3.05, 3.63) is 126 Å². The highest BCUT2D eigenvalue weighted by molar-refractivity contribution is 7.26. The fourth-order valence-corrected chi connectivity index (χ4v) is 7.77. The molecule has 0 bridgehead atoms. The molecule has 8 rings (SSSR count). The minimum atomic E-state index is -0.0342. The monoisotopic (exact) mass is 491 g/mol. The van der Waals surface area contributed by atoms with Crippen LogP contribution in [0.2, 0.25) is 0 Å². The highest BCUT2D eigenvalue weighted by Gasteiger charge is 2.40. The summed E-state index contributed by atoms with van der Waals surface area (Å²) in [7, 11) is 0. The number of fused-ring (bicyclic) bond motifs is 8. The van der Waals surface area contributed by atoms with Crippen LogP contribution >= 0.6 is 11.3 Å². The lowest BCUT2D eigenvalue weighted by Crippen LogP contribution is -2.14. The molecule has 1 aliphatic carbocycles. The van der Waals surface area contributed by atoms with E-state index in [1.807, 2.05) is 11.3 Å². The SMILES string of the molecule is CC1(C)c2ccccc2-c2c1c1ccccc1n2-c1ccc(-c2cccc3c2sc2ccccc23)cc1. The second-order valence-electron chi connectivity index (χ2n) is 10.6. The van der Waals surface area contributed by atoms with Gasteiger partial charge in [0.15, 0.2) is 0 Å². The quantitative estimate of drug-likeness (QED) is 0.227. The first-order valence-corrected chi connectivity index (χ1v) is 13.7. The Labute approximate surface area is 220 Å². The minimum Gasteiger partial charge on any atom is -0.309 e. The Hall–Kier alpha value is -4.14. The van der Waals surface area contributed by atoms with Crippen LogP contribution in [-0.2, 0) is 5.41 Å². The van der Waals surface area contributed by atoms with Crippen molar-refractivity contribution in [2.24, 2.45) is 0 Å². The van der Waals surface area contributed by atoms with E-state index in [0.717, 1.165) is 0 Å². The highest BCUT2D eigenvalue weighted by Crippen LogP contribution is 2.53. The molecule has 0 N–H and O–H groups in total. The molecule has 176 valence electrons. The Morgan fingerprint density at radius 2 is 1.27 bits per heavy atom. The van der Waals surface area contributed by atoms with Crippen LogP contribution in [0.4, 0.5) is 0 Å². The molecule has 0 saturated carbocycles. The maximum absolute atomic E-state index is 2.47. The summed E-state index contributed by atoms with van der Waals surface area (Å²) in [6, 6.07) is 42.4. The molecule has 2 heterocycles. The number of rotatable bonds is 2. The van der Waals surface area contributed by atoms with Crippen molar-refractivity contribution in [1.29, 1.82) is 0 Å². The Morgan fingerprint density at radius 1 is 0.595 bits per heavy atom. The molecule has 0 spiro atoms. The van der Waals surface area contributed by atoms with Crippen molar-refractivity contribution >= 4 is 42.4 Å². The number of benzene rings is 5. The lowest BCUT2D eigenvalue weighted by molar-refractivity contribution is 0.666. The fourth-order valence-electron chi connectivity index (χ4n) is 6.53. The summed E-state index contributed by atoms with van der Waals surface area (Å²) < 4.78 is 5.18. The van der Waals surface area contributed by atoms with Gasteiger partial charge in [-0.25, -0.2) is 0 Å². The van der Waals surface area contributed by atoms with Gasteiger partial charge in [-0.3, -0.25) is 0 Å². The van der Waals surface area contributed by atoms with Gasteiger partial charge in [-0.1, -0.05) is 105 Å². The van der Waals surface area contributed by atoms with E-state index in [-0.39, 0.29) is 5.41 Å². The van der Waals surface area contributed by atoms with Gasteiger partial charge in [-0.15, -0.1) is 11.3 Å². The average Bonchev–Trinajstić information content (AvgIpc) is 3.56. The summed E-state index contributed by atoms with van der Waals surface area (Å²) in [5, 5.41) is 4.03. The van der Waals surface area contributed by atoms with Gasteiger partial charge in [0, 0.05) is 42.2 Å². The first-order chi connectivity index (χ1) is 18.1. The van der Waals surface area contributed by atoms with Gasteiger partial charge in [0.25, 0.3) is 0 Å². The van der Waals surface area contributed by atoms with E-state index >= 15 is 0 Å². The summed E-state index contributed by atoms with van der Waals surface area (Å²) in [6.07, 6.45) is 0. The molecule has 0 aliphatic heterocycles. The smallest absolute Gasteiger partial charge is 0.0584 e. The van der Waals surface area contributed by atoms with Gasteiger partial charge in [-0.2, -0.15) is 0 Å². The summed E-state index contributed by atoms with van der Waals surface area (Å²) in [5.74, 6) is 0. The van der Waals surface area contributed by atoms with Crippen LogP contribution in [0, 0.1) is 0 Å². The van der Waals surface area contributed by atoms with E-state index in [1.54, 1.807) is 0 Å². The summed E-state index contributed by atoms with van der Waals surface area (Å²) in [5.41, 5.74) is 10.5. The highest BCUT2D eigenvalue weighted by atomic mass is 32.1. The molecule has 0 amide bonds. The third kappa shape index (κ3) is 2.79. The zero-order valence-electron chi connectivity index (χ0n) is 20.8. The van der Waals surface area contributed by atoms with E-state index < -0.39 is 0 Å². The molecule has 0 unspecified atom stereocenters. The largest absolute Gasteiger partial charge is 0.309 e. The molecule has 1 nitrogen and oxygen atoms in total. The summed E-state index contributed by atoms with van der Waals surface area (Å²) in [6.45, 7) is 4.73. The Kier molecular flexibility index (Phi) is 4.22. The molecule has 5 aromatic carbocycles. The first-order valence-electron chi connectivity index (χ1n) is 12.9. The van der Waals surface area contributed by atoms with Gasteiger partial charge in [0.05, 0.1) is 11.2 Å². The van der Waals surface area contributed by atoms with Crippen molar-refractivity contribution in [2.75, 3.05) is 0 Å². The second-order valence-corrected chi connectivity index (χ2v) is 11.6. The third-order valence-corrected chi connectivity index (χ3v) is 9.42. The molecule has 2 heteroatoms. The van der Waals surface area contributed by atoms with Crippen LogP contribution in [0.15, 0.2) is 115 Å². The van der Waals surface area contributed by atoms with Gasteiger partial charge in [0.1, 0.15) is 0 Å². The molecule has 0 radical (unpaired) electrons. The Morgan fingerprint density at radius 3 is 2.14 bits per heavy atom. The number of nitrogens with zero attached hydrogens (tertiary/aromatic N) is 1. The predicted molar refractivity (Wildman–Crippen MR) is 159 cm³/mol. The second kappa shape index (κ2) is 7.44. The number of thiophene rings is 1. The van der Waals surface area contributed by atoms with Crippen molar-refractivity contribution in [2.45, 2.75) is 19.3 Å². The van der Waals surface area contributed by atoms with Crippen LogP contribution < -0.4 is 0 Å². The number of para-hydroxylation sites is 1. The van der Waals surface area contributed by atoms with Crippen LogP contribution in [0.25, 0.3) is 59.1 Å². The zero-order chi connectivity index (χ0) is 24.7. The van der Waals surface area contributed by atoms with Crippen molar-refractivity contribution in [3.63, 3.8) is 0 Å². The van der Waals surface area contributed by atoms with Crippen LogP contribution in [0.5, 0.6) is 0 Å². The molecule has 1 aliphatic rings. The molecule has 37 heavy (non-hydrogen) atoms. The first kappa shape index (κ1) is 21.0. The lowest BCUT2D eigenvalue weighted by Gasteiger charge is -2.21. The fraction of sp³-hybridized carbons (Fsp3) is 0.0857.